The van der Waals surface area contributed by atoms with Gasteiger partial charge in [0.2, 0.25) is 0 Å². The van der Waals surface area contributed by atoms with E-state index in [1.165, 1.54) is 0 Å². The number of amides is 1. The van der Waals surface area contributed by atoms with E-state index < -0.39 is 0 Å². The molecule has 3 N–H and O–H groups in total. The lowest BCUT2D eigenvalue weighted by Gasteiger charge is -1.98. The molecule has 0 unspecified atom stereocenters. The van der Waals surface area contributed by atoms with Crippen LogP contribution in [0.3, 0.4) is 0 Å². The third-order valence-electron chi connectivity index (χ3n) is 1.48. The lowest BCUT2D eigenvalue weighted by molar-refractivity contribution is 0.0948. The Morgan fingerprint density at radius 3 is 2.83 bits per heavy atom. The second-order valence-corrected chi connectivity index (χ2v) is 2.39. The van der Waals surface area contributed by atoms with Crippen molar-refractivity contribution in [1.82, 2.24) is 15.5 Å². The van der Waals surface area contributed by atoms with Crippen LogP contribution in [0.15, 0.2) is 0 Å². The first-order chi connectivity index (χ1) is 5.66. The number of aryl methyl sites for hydroxylation is 1. The third kappa shape index (κ3) is 1.39. The van der Waals surface area contributed by atoms with E-state index in [2.05, 4.69) is 15.5 Å². The van der Waals surface area contributed by atoms with Crippen LogP contribution >= 0.6 is 0 Å². The monoisotopic (exact) mass is 169 g/mol. The second-order valence-electron chi connectivity index (χ2n) is 2.39. The standard InChI is InChI=1S/C7H11N3O2/c1-3-8-7(12)5-6(11)4(2)9-10-5/h11H,3H2,1-2H3,(H,8,12)(H,9,10). The number of rotatable bonds is 2. The van der Waals surface area contributed by atoms with Crippen molar-refractivity contribution in [3.05, 3.63) is 11.4 Å². The molecule has 1 rings (SSSR count). The van der Waals surface area contributed by atoms with Crippen LogP contribution in [0.2, 0.25) is 0 Å². The van der Waals surface area contributed by atoms with Gasteiger partial charge in [-0.05, 0) is 13.8 Å². The Labute approximate surface area is 69.8 Å². The van der Waals surface area contributed by atoms with Crippen molar-refractivity contribution < 1.29 is 9.90 Å². The lowest BCUT2D eigenvalue weighted by Crippen LogP contribution is -2.23. The Kier molecular flexibility index (Phi) is 2.32. The van der Waals surface area contributed by atoms with Crippen LogP contribution in [0.4, 0.5) is 0 Å². The van der Waals surface area contributed by atoms with Gasteiger partial charge in [-0.15, -0.1) is 0 Å². The molecule has 5 nitrogen and oxygen atoms in total. The van der Waals surface area contributed by atoms with Gasteiger partial charge in [0.05, 0.1) is 0 Å². The largest absolute Gasteiger partial charge is 0.504 e. The fourth-order valence-electron chi connectivity index (χ4n) is 0.834. The quantitative estimate of drug-likeness (QED) is 0.590. The van der Waals surface area contributed by atoms with Gasteiger partial charge in [-0.3, -0.25) is 9.89 Å². The predicted octanol–water partition coefficient (Wildman–Crippen LogP) is 0.173. The maximum absolute atomic E-state index is 11.1. The summed E-state index contributed by atoms with van der Waals surface area (Å²) >= 11 is 0. The molecule has 1 aromatic heterocycles. The molecule has 0 fully saturated rings. The smallest absolute Gasteiger partial charge is 0.273 e. The molecule has 1 aromatic rings. The van der Waals surface area contributed by atoms with Crippen LogP contribution in [0.25, 0.3) is 0 Å². The highest BCUT2D eigenvalue weighted by atomic mass is 16.3. The minimum atomic E-state index is -0.337. The van der Waals surface area contributed by atoms with Gasteiger partial charge in [-0.25, -0.2) is 0 Å². The van der Waals surface area contributed by atoms with Gasteiger partial charge >= 0.3 is 0 Å². The van der Waals surface area contributed by atoms with E-state index in [9.17, 15) is 9.90 Å². The normalized spacial score (nSPS) is 9.83. The number of carbonyl (C=O) groups is 1. The number of aromatic amines is 1. The van der Waals surface area contributed by atoms with Crippen molar-refractivity contribution in [1.29, 1.82) is 0 Å². The zero-order valence-corrected chi connectivity index (χ0v) is 7.01. The fraction of sp³-hybridized carbons (Fsp3) is 0.429. The van der Waals surface area contributed by atoms with E-state index >= 15 is 0 Å². The number of hydrogen-bond acceptors (Lipinski definition) is 3. The van der Waals surface area contributed by atoms with Crippen molar-refractivity contribution >= 4 is 5.91 Å². The van der Waals surface area contributed by atoms with Crippen LogP contribution in [0, 0.1) is 6.92 Å². The molecule has 0 aliphatic rings. The van der Waals surface area contributed by atoms with Crippen LogP contribution in [0.5, 0.6) is 5.75 Å². The van der Waals surface area contributed by atoms with E-state index in [4.69, 9.17) is 0 Å². The Balaban J connectivity index is 2.88. The van der Waals surface area contributed by atoms with Crippen molar-refractivity contribution in [2.45, 2.75) is 13.8 Å². The molecule has 0 spiro atoms. The molecule has 0 saturated carbocycles. The number of nitrogens with one attached hydrogen (secondary N) is 2. The molecule has 0 saturated heterocycles. The molecule has 0 radical (unpaired) electrons. The molecule has 1 heterocycles. The van der Waals surface area contributed by atoms with Crippen molar-refractivity contribution in [3.8, 4) is 5.75 Å². The zero-order valence-electron chi connectivity index (χ0n) is 7.01. The highest BCUT2D eigenvalue weighted by Crippen LogP contribution is 2.17. The van der Waals surface area contributed by atoms with Crippen molar-refractivity contribution in [2.75, 3.05) is 6.54 Å². The topological polar surface area (TPSA) is 78.0 Å². The molecule has 0 atom stereocenters. The molecular weight excluding hydrogens is 158 g/mol. The summed E-state index contributed by atoms with van der Waals surface area (Å²) in [4.78, 5) is 11.1. The summed E-state index contributed by atoms with van der Waals surface area (Å²) in [6, 6.07) is 0. The first-order valence-corrected chi connectivity index (χ1v) is 3.69. The molecule has 0 aliphatic carbocycles. The van der Waals surface area contributed by atoms with Crippen molar-refractivity contribution in [3.63, 3.8) is 0 Å². The van der Waals surface area contributed by atoms with E-state index in [0.717, 1.165) is 0 Å². The maximum atomic E-state index is 11.1. The minimum Gasteiger partial charge on any atom is -0.504 e. The van der Waals surface area contributed by atoms with Crippen LogP contribution in [0.1, 0.15) is 23.1 Å². The molecule has 0 aromatic carbocycles. The Morgan fingerprint density at radius 2 is 2.42 bits per heavy atom. The Bertz CT molecular complexity index is 293. The summed E-state index contributed by atoms with van der Waals surface area (Å²) in [6.07, 6.45) is 0. The predicted molar refractivity (Wildman–Crippen MR) is 43.0 cm³/mol. The SMILES string of the molecule is CCNC(=O)c1[nH]nc(C)c1O. The molecule has 5 heteroatoms. The highest BCUT2D eigenvalue weighted by molar-refractivity contribution is 5.94. The van der Waals surface area contributed by atoms with Gasteiger partial charge in [0, 0.05) is 6.54 Å². The van der Waals surface area contributed by atoms with Gasteiger partial charge in [0.15, 0.2) is 11.4 Å². The zero-order chi connectivity index (χ0) is 9.14. The first kappa shape index (κ1) is 8.58. The minimum absolute atomic E-state index is 0.0825. The van der Waals surface area contributed by atoms with E-state index in [-0.39, 0.29) is 17.4 Å². The van der Waals surface area contributed by atoms with Gasteiger partial charge < -0.3 is 10.4 Å². The Hall–Kier alpha value is -1.52. The summed E-state index contributed by atoms with van der Waals surface area (Å²) in [6.45, 7) is 3.95. The maximum Gasteiger partial charge on any atom is 0.273 e. The van der Waals surface area contributed by atoms with Gasteiger partial charge in [-0.2, -0.15) is 5.10 Å². The average molecular weight is 169 g/mol. The van der Waals surface area contributed by atoms with Crippen LogP contribution in [-0.4, -0.2) is 27.8 Å². The lowest BCUT2D eigenvalue weighted by atomic mass is 10.3. The molecular formula is C7H11N3O2. The number of hydrogen-bond donors (Lipinski definition) is 3. The summed E-state index contributed by atoms with van der Waals surface area (Å²) < 4.78 is 0. The average Bonchev–Trinajstić information content (AvgIpc) is 2.34. The van der Waals surface area contributed by atoms with E-state index in [1.807, 2.05) is 0 Å². The molecule has 0 bridgehead atoms. The van der Waals surface area contributed by atoms with Gasteiger partial charge in [-0.1, -0.05) is 0 Å². The summed E-state index contributed by atoms with van der Waals surface area (Å²) in [7, 11) is 0. The van der Waals surface area contributed by atoms with Gasteiger partial charge in [0.1, 0.15) is 5.69 Å². The third-order valence-corrected chi connectivity index (χ3v) is 1.48. The Morgan fingerprint density at radius 1 is 1.75 bits per heavy atom. The molecule has 1 amide bonds. The second kappa shape index (κ2) is 3.25. The number of aromatic hydroxyl groups is 1. The van der Waals surface area contributed by atoms with E-state index in [0.29, 0.717) is 12.2 Å². The number of nitrogens with zero attached hydrogens (tertiary/aromatic N) is 1. The van der Waals surface area contributed by atoms with Crippen LogP contribution in [-0.2, 0) is 0 Å². The molecule has 0 aliphatic heterocycles. The number of aromatic nitrogens is 2. The van der Waals surface area contributed by atoms with Crippen molar-refractivity contribution in [2.24, 2.45) is 0 Å². The summed E-state index contributed by atoms with van der Waals surface area (Å²) in [5.41, 5.74) is 0.547. The van der Waals surface area contributed by atoms with E-state index in [1.54, 1.807) is 13.8 Å². The molecule has 12 heavy (non-hydrogen) atoms. The first-order valence-electron chi connectivity index (χ1n) is 3.69. The summed E-state index contributed by atoms with van der Waals surface area (Å²) in [5.74, 6) is -0.420. The number of carbonyl (C=O) groups excluding carboxylic acids is 1. The number of H-pyrrole nitrogens is 1. The highest BCUT2D eigenvalue weighted by Gasteiger charge is 2.14. The van der Waals surface area contributed by atoms with Crippen LogP contribution < -0.4 is 5.32 Å². The van der Waals surface area contributed by atoms with Gasteiger partial charge in [0.25, 0.3) is 5.91 Å². The summed E-state index contributed by atoms with van der Waals surface area (Å²) in [5, 5.41) is 18.0. The molecule has 66 valence electrons. The fourth-order valence-corrected chi connectivity index (χ4v) is 0.834.